The summed E-state index contributed by atoms with van der Waals surface area (Å²) in [6.07, 6.45) is 12.0. The van der Waals surface area contributed by atoms with E-state index in [1.165, 1.54) is 0 Å². The molecule has 12 rings (SSSR count). The van der Waals surface area contributed by atoms with Gasteiger partial charge in [-0.3, -0.25) is 0 Å². The molecule has 0 radical (unpaired) electrons. The molecule has 364 valence electrons. The number of benzene rings is 3. The predicted octanol–water partition coefficient (Wildman–Crippen LogP) is 4.68. The van der Waals surface area contributed by atoms with Gasteiger partial charge in [-0.25, -0.2) is 13.4 Å². The van der Waals surface area contributed by atoms with E-state index in [2.05, 4.69) is 18.8 Å². The fraction of sp³-hybridized carbons (Fsp3) is 0.582. The van der Waals surface area contributed by atoms with Gasteiger partial charge in [0.2, 0.25) is 5.72 Å². The number of aliphatic hydroxyl groups excluding tert-OH is 2. The van der Waals surface area contributed by atoms with E-state index in [0.29, 0.717) is 61.8 Å². The van der Waals surface area contributed by atoms with Gasteiger partial charge in [0.1, 0.15) is 17.6 Å². The zero-order valence-corrected chi connectivity index (χ0v) is 43.0. The molecule has 5 aliphatic heterocycles. The van der Waals surface area contributed by atoms with Crippen molar-refractivity contribution in [3.63, 3.8) is 0 Å². The van der Waals surface area contributed by atoms with Crippen molar-refractivity contribution in [2.75, 3.05) is 13.2 Å². The maximum absolute atomic E-state index is 14.1. The van der Waals surface area contributed by atoms with E-state index in [4.69, 9.17) is 25.9 Å². The van der Waals surface area contributed by atoms with Gasteiger partial charge in [0, 0.05) is 42.7 Å². The van der Waals surface area contributed by atoms with Crippen LogP contribution in [0.25, 0.3) is 0 Å². The van der Waals surface area contributed by atoms with E-state index in [-0.39, 0.29) is 103 Å². The summed E-state index contributed by atoms with van der Waals surface area (Å²) in [4.78, 5) is 4.98. The van der Waals surface area contributed by atoms with Crippen LogP contribution in [0.5, 0.6) is 11.5 Å². The molecule has 1 spiro atoms. The first-order valence-electron chi connectivity index (χ1n) is 25.2. The summed E-state index contributed by atoms with van der Waals surface area (Å²) >= 11 is 0. The van der Waals surface area contributed by atoms with Crippen molar-refractivity contribution in [2.24, 2.45) is 51.5 Å². The Labute approximate surface area is 429 Å². The van der Waals surface area contributed by atoms with Crippen molar-refractivity contribution < 1.29 is 72.4 Å². The topological polar surface area (TPSA) is 221 Å². The standard InChI is InChI=1S/C55H69N3O9S.Na/c1-33-7-8-37-26-43-14-16-45(37)47(33)29-49(68(63,64)65)48-28-39-24-38(27-44-23-34(31-60)5-4-6-36-25-42(61)13-15-46(36)51(39)66-44)50(48)35-9-11-40(12-10-35)55(67-43,58-52(56)57)30-41(17-22-59)54(62)21-20-53(32-54)18-2-3-19-53;/h9-16,25-26,28,33-34,38,41,44,47-51,59-62H,2-3,5,7-8,17-24,27,29-32H2,1H3,(H4,56,57,58)(H,63,64,65);/q;+1/p-1. The molecular formula is C55H68N3NaO9S. The molecule has 3 fully saturated rings. The molecule has 14 heteroatoms. The average Bonchev–Trinajstić information content (AvgIpc) is 3.87. The number of aryl methyl sites for hydroxylation is 1. The van der Waals surface area contributed by atoms with Gasteiger partial charge in [-0.05, 0) is 170 Å². The normalized spacial score (nSPS) is 33.6. The first kappa shape index (κ1) is 50.5. The minimum atomic E-state index is -4.92. The molecule has 4 aliphatic carbocycles. The maximum Gasteiger partial charge on any atom is 1.00 e. The minimum absolute atomic E-state index is 0. The summed E-state index contributed by atoms with van der Waals surface area (Å²) in [5, 5.41) is 43.2. The van der Waals surface area contributed by atoms with Crippen LogP contribution in [0, 0.1) is 46.8 Å². The number of nitrogens with zero attached hydrogens (tertiary/aromatic N) is 1. The molecule has 3 aromatic carbocycles. The van der Waals surface area contributed by atoms with Crippen molar-refractivity contribution in [2.45, 2.75) is 150 Å². The van der Waals surface area contributed by atoms with E-state index in [9.17, 15) is 33.4 Å². The Morgan fingerprint density at radius 1 is 0.986 bits per heavy atom. The molecule has 12 unspecified atom stereocenters. The number of guanidine groups is 1. The maximum atomic E-state index is 14.1. The summed E-state index contributed by atoms with van der Waals surface area (Å²) in [5.41, 5.74) is 16.0. The summed E-state index contributed by atoms with van der Waals surface area (Å²) in [6.45, 7) is 1.93. The predicted molar refractivity (Wildman–Crippen MR) is 258 cm³/mol. The molecule has 2 saturated carbocycles. The van der Waals surface area contributed by atoms with Crippen LogP contribution in [0.1, 0.15) is 155 Å². The molecule has 12 atom stereocenters. The number of phenols is 1. The molecule has 3 aromatic rings. The number of ether oxygens (including phenoxy) is 2. The third-order valence-corrected chi connectivity index (χ3v) is 19.0. The van der Waals surface area contributed by atoms with Gasteiger partial charge in [-0.2, -0.15) is 0 Å². The van der Waals surface area contributed by atoms with Gasteiger partial charge in [0.15, 0.2) is 5.96 Å². The zero-order chi connectivity index (χ0) is 47.6. The summed E-state index contributed by atoms with van der Waals surface area (Å²) in [6, 6.07) is 18.9. The fourth-order valence-electron chi connectivity index (χ4n) is 14.5. The van der Waals surface area contributed by atoms with Crippen LogP contribution in [0.2, 0.25) is 0 Å². The smallest absolute Gasteiger partial charge is 0.748 e. The quantitative estimate of drug-likeness (QED) is 0.0455. The van der Waals surface area contributed by atoms with Crippen molar-refractivity contribution in [1.29, 1.82) is 0 Å². The number of fused-ring (bicyclic) bond motifs is 9. The number of hydrogen-bond donors (Lipinski definition) is 6. The number of rotatable bonds is 8. The molecule has 5 heterocycles. The summed E-state index contributed by atoms with van der Waals surface area (Å²) < 4.78 is 56.7. The van der Waals surface area contributed by atoms with E-state index < -0.39 is 50.6 Å². The summed E-state index contributed by atoms with van der Waals surface area (Å²) in [7, 11) is -4.92. The Morgan fingerprint density at radius 2 is 1.75 bits per heavy atom. The van der Waals surface area contributed by atoms with E-state index in [0.717, 1.165) is 72.8 Å². The number of aliphatic imine (C=N–C) groups is 1. The Kier molecular flexibility index (Phi) is 14.6. The number of allylic oxidation sites excluding steroid dienone is 1. The third-order valence-electron chi connectivity index (χ3n) is 17.7. The van der Waals surface area contributed by atoms with Crippen LogP contribution in [0.15, 0.2) is 77.3 Å². The van der Waals surface area contributed by atoms with Crippen LogP contribution >= 0.6 is 0 Å². The Morgan fingerprint density at radius 3 is 2.48 bits per heavy atom. The number of aromatic hydroxyl groups is 1. The van der Waals surface area contributed by atoms with Gasteiger partial charge < -0.3 is 45.9 Å². The molecule has 1 saturated heterocycles. The minimum Gasteiger partial charge on any atom is -0.748 e. The Bertz CT molecular complexity index is 2620. The largest absolute Gasteiger partial charge is 1.00 e. The van der Waals surface area contributed by atoms with Crippen LogP contribution in [0.3, 0.4) is 0 Å². The Hall–Kier alpha value is -3.42. The zero-order valence-electron chi connectivity index (χ0n) is 40.2. The third kappa shape index (κ3) is 9.93. The van der Waals surface area contributed by atoms with Crippen molar-refractivity contribution in [3.8, 4) is 23.3 Å². The molecule has 10 bridgehead atoms. The molecule has 9 aliphatic rings. The van der Waals surface area contributed by atoms with Gasteiger partial charge in [0.25, 0.3) is 0 Å². The number of nitrogens with two attached hydrogens (primary N) is 2. The molecule has 0 aromatic heterocycles. The van der Waals surface area contributed by atoms with E-state index in [1.807, 2.05) is 54.6 Å². The first-order chi connectivity index (χ1) is 32.6. The molecule has 12 nitrogen and oxygen atoms in total. The molecule has 0 amide bonds. The monoisotopic (exact) mass is 969 g/mol. The SMILES string of the molecule is CC1CCc2cc3ccc2C1CC(S(=O)(=O)[O-])C1C=C2CC(CC4CC(CO)CC#Cc5cc(O)ccc5C2O4)C1c1ccc(cc1)C(CC(CCO)C1(O)CCC2(CCCC2)C1)(N=C(N)N)O3.[Na+]. The second kappa shape index (κ2) is 19.9. The van der Waals surface area contributed by atoms with Gasteiger partial charge >= 0.3 is 29.6 Å². The second-order valence-corrected chi connectivity index (χ2v) is 23.5. The van der Waals surface area contributed by atoms with Crippen LogP contribution in [-0.2, 0) is 27.0 Å². The van der Waals surface area contributed by atoms with E-state index in [1.54, 1.807) is 12.1 Å². The van der Waals surface area contributed by atoms with Crippen molar-refractivity contribution in [1.82, 2.24) is 0 Å². The van der Waals surface area contributed by atoms with Crippen LogP contribution in [-0.4, -0.2) is 69.5 Å². The second-order valence-electron chi connectivity index (χ2n) is 21.9. The van der Waals surface area contributed by atoms with Crippen LogP contribution < -0.4 is 45.8 Å². The van der Waals surface area contributed by atoms with Gasteiger partial charge in [0.05, 0.1) is 27.1 Å². The average molecular weight is 970 g/mol. The number of aliphatic hydroxyl groups is 3. The first-order valence-corrected chi connectivity index (χ1v) is 26.6. The van der Waals surface area contributed by atoms with Crippen molar-refractivity contribution in [3.05, 3.63) is 106 Å². The van der Waals surface area contributed by atoms with Crippen molar-refractivity contribution >= 4 is 16.1 Å². The van der Waals surface area contributed by atoms with Gasteiger partial charge in [-0.1, -0.05) is 74.1 Å². The molecule has 8 N–H and O–H groups in total. The van der Waals surface area contributed by atoms with Gasteiger partial charge in [-0.15, -0.1) is 0 Å². The van der Waals surface area contributed by atoms with Crippen LogP contribution in [0.4, 0.5) is 0 Å². The fourth-order valence-corrected chi connectivity index (χ4v) is 15.5. The summed E-state index contributed by atoms with van der Waals surface area (Å²) in [5.74, 6) is 4.81. The Balaban J connectivity index is 0.00000593. The number of hydrogen-bond acceptors (Lipinski definition) is 10. The molecular weight excluding hydrogens is 902 g/mol. The molecule has 69 heavy (non-hydrogen) atoms. The number of phenolic OH excluding ortho intramolecular Hbond substituents is 1. The van der Waals surface area contributed by atoms with E-state index >= 15 is 0 Å².